The van der Waals surface area contributed by atoms with Crippen LogP contribution in [-0.2, 0) is 4.74 Å². The summed E-state index contributed by atoms with van der Waals surface area (Å²) in [7, 11) is 1.39. The second kappa shape index (κ2) is 5.35. The summed E-state index contributed by atoms with van der Waals surface area (Å²) in [5, 5.41) is 0. The highest BCUT2D eigenvalue weighted by molar-refractivity contribution is 5.92. The van der Waals surface area contributed by atoms with Crippen LogP contribution in [-0.4, -0.2) is 25.7 Å². The summed E-state index contributed by atoms with van der Waals surface area (Å²) in [5.41, 5.74) is 8.44. The van der Waals surface area contributed by atoms with Gasteiger partial charge in [-0.1, -0.05) is 12.8 Å². The van der Waals surface area contributed by atoms with Gasteiger partial charge < -0.3 is 15.4 Å². The number of ether oxygens (including phenoxy) is 1. The van der Waals surface area contributed by atoms with Crippen LogP contribution >= 0.6 is 0 Å². The van der Waals surface area contributed by atoms with E-state index in [2.05, 4.69) is 4.90 Å². The van der Waals surface area contributed by atoms with Crippen molar-refractivity contribution in [2.24, 2.45) is 5.92 Å². The number of nitrogens with zero attached hydrogens (tertiary/aromatic N) is 1. The molecule has 0 amide bonds. The van der Waals surface area contributed by atoms with Gasteiger partial charge >= 0.3 is 5.97 Å². The fraction of sp³-hybridized carbons (Fsp3) is 0.562. The molecule has 1 aromatic carbocycles. The van der Waals surface area contributed by atoms with Crippen molar-refractivity contribution >= 4 is 17.3 Å². The second-order valence-corrected chi connectivity index (χ2v) is 5.86. The lowest BCUT2D eigenvalue weighted by molar-refractivity contribution is 0.0601. The van der Waals surface area contributed by atoms with Crippen LogP contribution in [0, 0.1) is 5.92 Å². The van der Waals surface area contributed by atoms with Crippen molar-refractivity contribution in [1.29, 1.82) is 0 Å². The number of methoxy groups -OCH3 is 1. The molecule has 2 aliphatic rings. The van der Waals surface area contributed by atoms with E-state index in [1.807, 2.05) is 12.1 Å². The van der Waals surface area contributed by atoms with Gasteiger partial charge in [-0.3, -0.25) is 0 Å². The van der Waals surface area contributed by atoms with E-state index in [4.69, 9.17) is 10.5 Å². The zero-order valence-electron chi connectivity index (χ0n) is 12.0. The number of anilines is 2. The molecule has 1 aliphatic carbocycles. The second-order valence-electron chi connectivity index (χ2n) is 5.86. The predicted molar refractivity (Wildman–Crippen MR) is 79.9 cm³/mol. The molecule has 0 aromatic heterocycles. The van der Waals surface area contributed by atoms with Crippen LogP contribution in [0.4, 0.5) is 11.4 Å². The molecule has 2 fully saturated rings. The first kappa shape index (κ1) is 13.3. The summed E-state index contributed by atoms with van der Waals surface area (Å²) >= 11 is 0. The average Bonchev–Trinajstić information content (AvgIpc) is 2.90. The van der Waals surface area contributed by atoms with E-state index in [0.29, 0.717) is 17.3 Å². The van der Waals surface area contributed by atoms with Crippen LogP contribution in [0.2, 0.25) is 0 Å². The highest BCUT2D eigenvalue weighted by atomic mass is 16.5. The van der Waals surface area contributed by atoms with Crippen molar-refractivity contribution in [3.05, 3.63) is 23.8 Å². The van der Waals surface area contributed by atoms with Crippen molar-refractivity contribution in [1.82, 2.24) is 0 Å². The maximum absolute atomic E-state index is 11.5. The Morgan fingerprint density at radius 3 is 2.85 bits per heavy atom. The third-order valence-corrected chi connectivity index (χ3v) is 4.77. The molecule has 0 spiro atoms. The quantitative estimate of drug-likeness (QED) is 0.665. The Bertz CT molecular complexity index is 515. The lowest BCUT2D eigenvalue weighted by Crippen LogP contribution is -2.35. The van der Waals surface area contributed by atoms with Crippen LogP contribution < -0.4 is 10.6 Å². The smallest absolute Gasteiger partial charge is 0.337 e. The molecule has 0 bridgehead atoms. The van der Waals surface area contributed by atoms with E-state index in [0.717, 1.165) is 18.2 Å². The highest BCUT2D eigenvalue weighted by Gasteiger charge is 2.36. The van der Waals surface area contributed by atoms with E-state index in [-0.39, 0.29) is 5.97 Å². The lowest BCUT2D eigenvalue weighted by atomic mass is 9.85. The maximum Gasteiger partial charge on any atom is 0.337 e. The molecule has 4 nitrogen and oxygen atoms in total. The molecule has 3 rings (SSSR count). The summed E-state index contributed by atoms with van der Waals surface area (Å²) < 4.78 is 4.73. The summed E-state index contributed by atoms with van der Waals surface area (Å²) in [6.07, 6.45) is 6.57. The number of hydrogen-bond acceptors (Lipinski definition) is 4. The SMILES string of the molecule is COC(=O)c1ccc(N2CCC3CCCCC32)c(N)c1. The van der Waals surface area contributed by atoms with E-state index in [9.17, 15) is 4.79 Å². The van der Waals surface area contributed by atoms with Crippen LogP contribution in [0.1, 0.15) is 42.5 Å². The van der Waals surface area contributed by atoms with Gasteiger partial charge in [0, 0.05) is 12.6 Å². The normalized spacial score (nSPS) is 25.4. The molecular formula is C16H22N2O2. The fourth-order valence-corrected chi connectivity index (χ4v) is 3.77. The first-order chi connectivity index (χ1) is 9.70. The molecule has 1 aliphatic heterocycles. The summed E-state index contributed by atoms with van der Waals surface area (Å²) in [6.45, 7) is 1.08. The van der Waals surface area contributed by atoms with Gasteiger partial charge in [-0.05, 0) is 43.4 Å². The molecular weight excluding hydrogens is 252 g/mol. The van der Waals surface area contributed by atoms with E-state index < -0.39 is 0 Å². The Kier molecular flexibility index (Phi) is 3.55. The van der Waals surface area contributed by atoms with Gasteiger partial charge in [-0.15, -0.1) is 0 Å². The number of nitrogens with two attached hydrogens (primary N) is 1. The Morgan fingerprint density at radius 1 is 1.30 bits per heavy atom. The number of hydrogen-bond donors (Lipinski definition) is 1. The van der Waals surface area contributed by atoms with Crippen LogP contribution in [0.3, 0.4) is 0 Å². The van der Waals surface area contributed by atoms with E-state index >= 15 is 0 Å². The minimum absolute atomic E-state index is 0.333. The molecule has 4 heteroatoms. The zero-order valence-corrected chi connectivity index (χ0v) is 12.0. The minimum atomic E-state index is -0.333. The third kappa shape index (κ3) is 2.23. The molecule has 0 radical (unpaired) electrons. The van der Waals surface area contributed by atoms with Crippen LogP contribution in [0.25, 0.3) is 0 Å². The molecule has 108 valence electrons. The van der Waals surface area contributed by atoms with E-state index in [1.165, 1.54) is 39.2 Å². The number of benzene rings is 1. The van der Waals surface area contributed by atoms with Crippen LogP contribution in [0.5, 0.6) is 0 Å². The van der Waals surface area contributed by atoms with Crippen molar-refractivity contribution in [2.75, 3.05) is 24.3 Å². The summed E-state index contributed by atoms with van der Waals surface area (Å²) in [5.74, 6) is 0.489. The Balaban J connectivity index is 1.85. The first-order valence-corrected chi connectivity index (χ1v) is 7.45. The first-order valence-electron chi connectivity index (χ1n) is 7.45. The van der Waals surface area contributed by atoms with Gasteiger partial charge in [0.2, 0.25) is 0 Å². The largest absolute Gasteiger partial charge is 0.465 e. The van der Waals surface area contributed by atoms with Gasteiger partial charge in [0.15, 0.2) is 0 Å². The van der Waals surface area contributed by atoms with Gasteiger partial charge in [-0.2, -0.15) is 0 Å². The number of carbonyl (C=O) groups is 1. The summed E-state index contributed by atoms with van der Waals surface area (Å²) in [6, 6.07) is 6.15. The van der Waals surface area contributed by atoms with Crippen molar-refractivity contribution in [2.45, 2.75) is 38.1 Å². The van der Waals surface area contributed by atoms with Crippen molar-refractivity contribution in [3.63, 3.8) is 0 Å². The van der Waals surface area contributed by atoms with E-state index in [1.54, 1.807) is 6.07 Å². The van der Waals surface area contributed by atoms with Gasteiger partial charge in [-0.25, -0.2) is 4.79 Å². The van der Waals surface area contributed by atoms with Gasteiger partial charge in [0.25, 0.3) is 0 Å². The zero-order chi connectivity index (χ0) is 14.1. The maximum atomic E-state index is 11.5. The van der Waals surface area contributed by atoms with Gasteiger partial charge in [0.1, 0.15) is 0 Å². The average molecular weight is 274 g/mol. The standard InChI is InChI=1S/C16H22N2O2/c1-20-16(19)12-6-7-15(13(17)10-12)18-9-8-11-4-2-3-5-14(11)18/h6-7,10-11,14H,2-5,8-9,17H2,1H3. The number of esters is 1. The number of fused-ring (bicyclic) bond motifs is 1. The molecule has 1 heterocycles. The molecule has 1 saturated heterocycles. The topological polar surface area (TPSA) is 55.6 Å². The molecule has 1 aromatic rings. The Hall–Kier alpha value is -1.71. The Morgan fingerprint density at radius 2 is 2.10 bits per heavy atom. The number of carbonyl (C=O) groups excluding carboxylic acids is 1. The molecule has 2 unspecified atom stereocenters. The molecule has 2 N–H and O–H groups in total. The Labute approximate surface area is 119 Å². The monoisotopic (exact) mass is 274 g/mol. The highest BCUT2D eigenvalue weighted by Crippen LogP contribution is 2.40. The third-order valence-electron chi connectivity index (χ3n) is 4.77. The van der Waals surface area contributed by atoms with Crippen LogP contribution in [0.15, 0.2) is 18.2 Å². The van der Waals surface area contributed by atoms with Crippen molar-refractivity contribution < 1.29 is 9.53 Å². The number of nitrogen functional groups attached to an aromatic ring is 1. The van der Waals surface area contributed by atoms with Crippen molar-refractivity contribution in [3.8, 4) is 0 Å². The molecule has 20 heavy (non-hydrogen) atoms. The van der Waals surface area contributed by atoms with Gasteiger partial charge in [0.05, 0.1) is 24.0 Å². The lowest BCUT2D eigenvalue weighted by Gasteiger charge is -2.33. The number of rotatable bonds is 2. The fourth-order valence-electron chi connectivity index (χ4n) is 3.77. The molecule has 1 saturated carbocycles. The minimum Gasteiger partial charge on any atom is -0.465 e. The summed E-state index contributed by atoms with van der Waals surface area (Å²) in [4.78, 5) is 14.0. The predicted octanol–water partition coefficient (Wildman–Crippen LogP) is 2.82. The molecule has 2 atom stereocenters.